The Morgan fingerprint density at radius 1 is 0.595 bits per heavy atom. The Labute approximate surface area is 671 Å². The van der Waals surface area contributed by atoms with E-state index in [0.717, 1.165) is 75.4 Å². The van der Waals surface area contributed by atoms with Gasteiger partial charge in [0.2, 0.25) is 17.7 Å². The van der Waals surface area contributed by atoms with Crippen molar-refractivity contribution in [3.05, 3.63) is 205 Å². The van der Waals surface area contributed by atoms with Crippen LogP contribution in [0.4, 0.5) is 27.2 Å². The van der Waals surface area contributed by atoms with E-state index >= 15 is 0 Å². The number of imide groups is 2. The number of ether oxygens (including phenoxy) is 3. The molecule has 0 bridgehead atoms. The molecule has 2 aromatic carbocycles. The van der Waals surface area contributed by atoms with Crippen molar-refractivity contribution < 1.29 is 89.9 Å². The second kappa shape index (κ2) is 45.7. The third-order valence-corrected chi connectivity index (χ3v) is 15.9. The number of carboxylic acids is 1. The molecule has 0 radical (unpaired) electrons. The van der Waals surface area contributed by atoms with Crippen molar-refractivity contribution in [3.8, 4) is 34.0 Å². The number of aromatic amines is 4. The normalized spacial score (nSPS) is 11.5. The van der Waals surface area contributed by atoms with E-state index in [1.807, 2.05) is 32.3 Å². The molecule has 12 rings (SSSR count). The van der Waals surface area contributed by atoms with Crippen molar-refractivity contribution in [1.29, 1.82) is 0 Å². The molecule has 7 amide bonds. The van der Waals surface area contributed by atoms with Gasteiger partial charge in [-0.3, -0.25) is 59.4 Å². The zero-order chi connectivity index (χ0) is 86.0. The van der Waals surface area contributed by atoms with Crippen LogP contribution >= 0.6 is 22.9 Å². The van der Waals surface area contributed by atoms with E-state index in [-0.39, 0.29) is 122 Å². The first-order valence-corrected chi connectivity index (χ1v) is 36.8. The maximum absolute atomic E-state index is 14.6. The number of carbonyl (C=O) groups is 10. The maximum Gasteiger partial charge on any atom is 0.417 e. The first-order valence-electron chi connectivity index (χ1n) is 35.5. The van der Waals surface area contributed by atoms with Gasteiger partial charge in [-0.1, -0.05) is 37.6 Å². The first-order chi connectivity index (χ1) is 55.0. The number of carbonyl (C=O) groups excluding carboxylic acids is 9. The van der Waals surface area contributed by atoms with Crippen LogP contribution in [0.1, 0.15) is 152 Å². The number of likely N-dealkylation sites (N-methyl/N-ethyl adjacent to an activating group) is 2. The number of esters is 1. The number of pyridine rings is 2. The monoisotopic (exact) mass is 1650 g/mol. The smallest absolute Gasteiger partial charge is 0.417 e. The summed E-state index contributed by atoms with van der Waals surface area (Å²) in [6, 6.07) is 19.4. The molecule has 0 aliphatic carbocycles. The lowest BCUT2D eigenvalue weighted by Crippen LogP contribution is -2.37. The second-order valence-corrected chi connectivity index (χ2v) is 27.6. The van der Waals surface area contributed by atoms with Gasteiger partial charge in [0.15, 0.2) is 4.88 Å². The molecule has 8 aromatic heterocycles. The van der Waals surface area contributed by atoms with Gasteiger partial charge in [0.25, 0.3) is 11.8 Å². The zero-order valence-corrected chi connectivity index (χ0v) is 66.7. The molecule has 0 unspecified atom stereocenters. The number of hydrogen-bond acceptors (Lipinski definition) is 24. The Bertz CT molecular complexity index is 4830. The summed E-state index contributed by atoms with van der Waals surface area (Å²) in [6.07, 6.45) is 8.95. The van der Waals surface area contributed by atoms with Crippen LogP contribution in [-0.4, -0.2) is 178 Å². The number of thiophene rings is 1. The number of nitrogens with two attached hydrogens (primary N) is 2. The highest BCUT2D eigenvalue weighted by atomic mass is 35.5. The largest absolute Gasteiger partial charge is 0.506 e. The first kappa shape index (κ1) is 93.7. The zero-order valence-electron chi connectivity index (χ0n) is 65.2. The van der Waals surface area contributed by atoms with Crippen molar-refractivity contribution >= 4 is 82.4 Å². The highest BCUT2D eigenvalue weighted by molar-refractivity contribution is 7.12. The van der Waals surface area contributed by atoms with E-state index in [0.29, 0.717) is 43.7 Å². The number of rotatable bonds is 18. The van der Waals surface area contributed by atoms with Crippen LogP contribution in [0.15, 0.2) is 121 Å². The summed E-state index contributed by atoms with van der Waals surface area (Å²) in [5, 5.41) is 53.9. The minimum atomic E-state index is -0.868. The van der Waals surface area contributed by atoms with Gasteiger partial charge in [-0.2, -0.15) is 25.5 Å². The summed E-state index contributed by atoms with van der Waals surface area (Å²) >= 11 is 7.30. The number of aliphatic carboxylic acids is 1. The van der Waals surface area contributed by atoms with Crippen molar-refractivity contribution in [1.82, 2.24) is 86.4 Å². The molecule has 2 aliphatic heterocycles. The molecule has 10 aromatic rings. The Morgan fingerprint density at radius 2 is 1.02 bits per heavy atom. The highest BCUT2D eigenvalue weighted by Gasteiger charge is 2.41. The molecule has 2 aliphatic rings. The second-order valence-electron chi connectivity index (χ2n) is 26.3. The molecule has 34 nitrogen and oxygen atoms in total. The average molecular weight is 1650 g/mol. The number of Topliss-reactive ketones (excluding diaryl/α,β-unsaturated/α-hetero) is 1. The lowest BCUT2D eigenvalue weighted by atomic mass is 10.1. The van der Waals surface area contributed by atoms with E-state index in [1.54, 1.807) is 96.7 Å². The number of benzene rings is 2. The van der Waals surface area contributed by atoms with E-state index in [4.69, 9.17) is 42.9 Å². The Hall–Kier alpha value is -12.9. The van der Waals surface area contributed by atoms with Crippen molar-refractivity contribution in [2.24, 2.45) is 11.6 Å². The van der Waals surface area contributed by atoms with E-state index < -0.39 is 70.4 Å². The molecule has 13 N–H and O–H groups in total. The topological polar surface area (TPSA) is 492 Å². The number of methoxy groups -OCH3 is 1. The quantitative estimate of drug-likeness (QED) is 0.00949. The fraction of sp³-hybridized carbons (Fsp3) is 0.329. The molecular weight excluding hydrogens is 1560 g/mol. The van der Waals surface area contributed by atoms with E-state index in [1.165, 1.54) is 54.5 Å². The van der Waals surface area contributed by atoms with Crippen LogP contribution in [0, 0.1) is 23.3 Å². The van der Waals surface area contributed by atoms with Gasteiger partial charge in [-0.25, -0.2) is 62.2 Å². The molecule has 0 fully saturated rings. The summed E-state index contributed by atoms with van der Waals surface area (Å²) in [7, 11) is 1.28. The number of nitrogens with zero attached hydrogens (tertiary/aromatic N) is 10. The predicted octanol–water partition coefficient (Wildman–Crippen LogP) is 9.95. The number of carboxylic acid groups (broad SMARTS) is 1. The number of aromatic hydroxyl groups is 1. The average Bonchev–Trinajstić information content (AvgIpc) is 1.61. The highest BCUT2D eigenvalue weighted by Crippen LogP contribution is 2.37. The van der Waals surface area contributed by atoms with Gasteiger partial charge in [-0.15, -0.1) is 11.3 Å². The molecule has 620 valence electrons. The number of nitrogens with one attached hydrogen (secondary N) is 7. The van der Waals surface area contributed by atoms with Crippen molar-refractivity contribution in [2.45, 2.75) is 138 Å². The molecular formula is C76H90ClF4N19O15S. The molecule has 0 spiro atoms. The predicted molar refractivity (Wildman–Crippen MR) is 416 cm³/mol. The van der Waals surface area contributed by atoms with Gasteiger partial charge in [0, 0.05) is 79.7 Å². The molecule has 116 heavy (non-hydrogen) atoms. The van der Waals surface area contributed by atoms with Gasteiger partial charge in [0.1, 0.15) is 46.0 Å². The Kier molecular flexibility index (Phi) is 36.9. The van der Waals surface area contributed by atoms with Gasteiger partial charge in [-0.05, 0) is 147 Å². The molecule has 0 atom stereocenters. The van der Waals surface area contributed by atoms with Crippen LogP contribution in [0.2, 0.25) is 5.02 Å². The van der Waals surface area contributed by atoms with Gasteiger partial charge in [0.05, 0.1) is 107 Å². The lowest BCUT2D eigenvalue weighted by Gasteiger charge is -2.23. The minimum Gasteiger partial charge on any atom is -0.506 e. The lowest BCUT2D eigenvalue weighted by molar-refractivity contribution is -0.136. The number of ketones is 1. The van der Waals surface area contributed by atoms with Crippen LogP contribution in [0.5, 0.6) is 5.75 Å². The number of hydrazine groups is 1. The fourth-order valence-electron chi connectivity index (χ4n) is 9.89. The van der Waals surface area contributed by atoms with Crippen LogP contribution in [0.3, 0.4) is 0 Å². The van der Waals surface area contributed by atoms with Crippen LogP contribution in [0.25, 0.3) is 28.2 Å². The standard InChI is InChI=1S/C25H25F2N5O4.C18H15ClF2N2O3.C8H12N2O.C7H11N3O.C6H6O3S.C5H8N4O.C5H6N2O2.C2H7N/c1-5-28-20(33)11-14-9-10-32(30-14)19-12-17(21-15(26)7-6-8-16(21)27)29-18-13-31(23(34)22(18)19)24(35)36-25(2,3)4;1-18(2,3)26-17(25)23-8-13-14(16(23)24)9(19)7-12(22-13)15-10(20)5-4-6-11(15)21;1-2-3-8(11)6-7-4-5-9-10-7;1-2-8-7(11)5-6-3-4-9-10-6;1-9-6(8)5-4(7)2-3-10-5;6-8-5(10)3-4-1-2-7-9-4;8-5(9)3-4-1-2-6-7-4;1-2-3/h6-10,12H,5,11,13H2,1-4H3,(H,28,33);4-7H,8H2,1-3H3;4-5H,2-3,6H2,1H3,(H,9,10);3-4H,2,5H2,1H3,(H,8,11)(H,9,10);2-3,7H,1H3;1-2H,3,6H2,(H,7,9)(H,8,10);1-2H,3H2,(H,6,7)(H,8,9);2-3H2,1H3. The summed E-state index contributed by atoms with van der Waals surface area (Å²) in [5.74, 6) is -1.28. The van der Waals surface area contributed by atoms with Crippen molar-refractivity contribution in [3.63, 3.8) is 0 Å². The summed E-state index contributed by atoms with van der Waals surface area (Å²) < 4.78 is 73.5. The summed E-state index contributed by atoms with van der Waals surface area (Å²) in [5.41, 5.74) is 8.47. The van der Waals surface area contributed by atoms with Gasteiger partial charge < -0.3 is 40.8 Å². The maximum atomic E-state index is 14.6. The number of aromatic nitrogens is 12. The third-order valence-electron chi connectivity index (χ3n) is 14.7. The number of hydrogen-bond donors (Lipinski definition) is 11. The fourth-order valence-corrected chi connectivity index (χ4v) is 10.9. The summed E-state index contributed by atoms with van der Waals surface area (Å²) in [4.78, 5) is 126. The number of H-pyrrole nitrogens is 4. The third kappa shape index (κ3) is 29.6. The molecule has 10 heterocycles. The van der Waals surface area contributed by atoms with Crippen LogP contribution in [-0.2, 0) is 83.4 Å². The molecule has 0 saturated carbocycles. The Balaban J connectivity index is 0.000000260. The molecule has 0 saturated heterocycles. The minimum absolute atomic E-state index is 0.000886. The van der Waals surface area contributed by atoms with Crippen molar-refractivity contribution in [2.75, 3.05) is 26.7 Å². The number of amides is 7. The number of halogens is 5. The molecule has 40 heteroatoms. The SMILES string of the molecule is CC(C)(C)OC(=O)N1Cc2nc(-c3c(F)cccc3F)cc(Cl)c2C1=O.CCCC(=O)Cc1ccn[nH]1.CCN.CCNC(=O)Cc1ccn(-c2cc(-c3c(F)cccc3F)nc3c2C(=O)N(C(=O)OC(C)(C)C)C3)n1.CCNC(=O)Cc1ccn[nH]1.COC(=O)c1sccc1O.NNC(=O)Cc1ccn[nH]1.O=C(O)Cc1ccn[nH]1. The van der Waals surface area contributed by atoms with Crippen LogP contribution < -0.4 is 27.6 Å². The van der Waals surface area contributed by atoms with Gasteiger partial charge >= 0.3 is 24.1 Å². The Morgan fingerprint density at radius 3 is 1.41 bits per heavy atom. The van der Waals surface area contributed by atoms with E-state index in [9.17, 15) is 65.5 Å². The van der Waals surface area contributed by atoms with E-state index in [2.05, 4.69) is 71.2 Å². The summed E-state index contributed by atoms with van der Waals surface area (Å²) in [6.45, 7) is 19.1. The number of fused-ring (bicyclic) bond motifs is 2.